The summed E-state index contributed by atoms with van der Waals surface area (Å²) in [4.78, 5) is 10.9. The molecule has 0 aliphatic carbocycles. The highest BCUT2D eigenvalue weighted by atomic mass is 127. The van der Waals surface area contributed by atoms with E-state index in [1.54, 1.807) is 12.1 Å². The molecule has 0 aliphatic heterocycles. The molecular formula is C14H14FIN6. The second-order valence-corrected chi connectivity index (χ2v) is 6.22. The fourth-order valence-electron chi connectivity index (χ4n) is 2.12. The molecule has 2 N–H and O–H groups in total. The fourth-order valence-corrected chi connectivity index (χ4v) is 2.90. The lowest BCUT2D eigenvalue weighted by molar-refractivity contribution is 0.390. The first kappa shape index (κ1) is 15.1. The maximum atomic E-state index is 13.1. The van der Waals surface area contributed by atoms with E-state index < -0.39 is 0 Å². The smallest absolute Gasteiger partial charge is 0.223 e. The molecular weight excluding hydrogens is 398 g/mol. The molecule has 0 amide bonds. The van der Waals surface area contributed by atoms with E-state index in [0.717, 1.165) is 9.13 Å². The number of nitrogens with zero attached hydrogens (tertiary/aromatic N) is 5. The Morgan fingerprint density at radius 2 is 1.91 bits per heavy atom. The van der Waals surface area contributed by atoms with Gasteiger partial charge in [-0.1, -0.05) is 0 Å². The standard InChI is InChI=1S/C14H14FIN6/c1-21(2)7-10-18-13-11(16)12(19-14(17)22(13)20-10)8-3-5-9(15)6-4-8/h3-6H,7H2,1-2H3,(H2,17,19). The van der Waals surface area contributed by atoms with Gasteiger partial charge in [0.15, 0.2) is 11.5 Å². The van der Waals surface area contributed by atoms with Crippen LogP contribution in [0.3, 0.4) is 0 Å². The molecule has 6 nitrogen and oxygen atoms in total. The van der Waals surface area contributed by atoms with Gasteiger partial charge in [-0.3, -0.25) is 0 Å². The molecule has 0 atom stereocenters. The van der Waals surface area contributed by atoms with E-state index >= 15 is 0 Å². The maximum absolute atomic E-state index is 13.1. The molecule has 0 unspecified atom stereocenters. The molecule has 0 saturated carbocycles. The topological polar surface area (TPSA) is 72.3 Å². The number of halogens is 2. The first-order chi connectivity index (χ1) is 10.5. The third-order valence-corrected chi connectivity index (χ3v) is 4.07. The minimum absolute atomic E-state index is 0.257. The first-order valence-electron chi connectivity index (χ1n) is 6.57. The van der Waals surface area contributed by atoms with Crippen LogP contribution < -0.4 is 5.73 Å². The summed E-state index contributed by atoms with van der Waals surface area (Å²) < 4.78 is 15.4. The van der Waals surface area contributed by atoms with Crippen molar-refractivity contribution in [2.24, 2.45) is 0 Å². The SMILES string of the molecule is CN(C)Cc1nc2c(I)c(-c3ccc(F)cc3)nc(N)n2n1. The fraction of sp³-hybridized carbons (Fsp3) is 0.214. The Kier molecular flexibility index (Phi) is 3.96. The van der Waals surface area contributed by atoms with E-state index in [9.17, 15) is 4.39 Å². The molecule has 0 aliphatic rings. The third kappa shape index (κ3) is 2.75. The lowest BCUT2D eigenvalue weighted by Gasteiger charge is -2.06. The molecule has 2 aromatic heterocycles. The van der Waals surface area contributed by atoms with Crippen molar-refractivity contribution < 1.29 is 4.39 Å². The van der Waals surface area contributed by atoms with Gasteiger partial charge in [-0.2, -0.15) is 4.52 Å². The van der Waals surface area contributed by atoms with Crippen LogP contribution in [-0.4, -0.2) is 38.6 Å². The Hall–Kier alpha value is -1.81. The second-order valence-electron chi connectivity index (χ2n) is 5.14. The quantitative estimate of drug-likeness (QED) is 0.668. The van der Waals surface area contributed by atoms with Crippen molar-refractivity contribution in [1.82, 2.24) is 24.5 Å². The number of benzene rings is 1. The molecule has 3 rings (SSSR count). The molecule has 114 valence electrons. The van der Waals surface area contributed by atoms with Crippen LogP contribution in [0.2, 0.25) is 0 Å². The number of hydrogen-bond acceptors (Lipinski definition) is 5. The van der Waals surface area contributed by atoms with Crippen LogP contribution in [0.4, 0.5) is 10.3 Å². The molecule has 0 radical (unpaired) electrons. The summed E-state index contributed by atoms with van der Waals surface area (Å²) in [6, 6.07) is 6.14. The summed E-state index contributed by atoms with van der Waals surface area (Å²) in [5.41, 5.74) is 8.12. The zero-order valence-electron chi connectivity index (χ0n) is 12.1. The largest absolute Gasteiger partial charge is 0.368 e. The number of rotatable bonds is 3. The average molecular weight is 412 g/mol. The van der Waals surface area contributed by atoms with E-state index in [4.69, 9.17) is 5.73 Å². The zero-order chi connectivity index (χ0) is 15.9. The monoisotopic (exact) mass is 412 g/mol. The van der Waals surface area contributed by atoms with Crippen molar-refractivity contribution in [3.8, 4) is 11.3 Å². The second kappa shape index (κ2) is 5.76. The first-order valence-corrected chi connectivity index (χ1v) is 7.65. The minimum Gasteiger partial charge on any atom is -0.368 e. The molecule has 2 heterocycles. The van der Waals surface area contributed by atoms with Gasteiger partial charge in [0.25, 0.3) is 0 Å². The van der Waals surface area contributed by atoms with Crippen molar-refractivity contribution >= 4 is 34.2 Å². The van der Waals surface area contributed by atoms with Crippen LogP contribution in [0.15, 0.2) is 24.3 Å². The maximum Gasteiger partial charge on any atom is 0.223 e. The van der Waals surface area contributed by atoms with E-state index in [1.807, 2.05) is 19.0 Å². The van der Waals surface area contributed by atoms with Gasteiger partial charge in [-0.25, -0.2) is 14.4 Å². The van der Waals surface area contributed by atoms with E-state index in [0.29, 0.717) is 23.7 Å². The highest BCUT2D eigenvalue weighted by Crippen LogP contribution is 2.27. The molecule has 0 saturated heterocycles. The minimum atomic E-state index is -0.288. The Labute approximate surface area is 140 Å². The number of nitrogens with two attached hydrogens (primary N) is 1. The number of fused-ring (bicyclic) bond motifs is 1. The normalized spacial score (nSPS) is 11.5. The Balaban J connectivity index is 2.16. The van der Waals surface area contributed by atoms with Crippen LogP contribution >= 0.6 is 22.6 Å². The van der Waals surface area contributed by atoms with Crippen LogP contribution in [0, 0.1) is 9.39 Å². The van der Waals surface area contributed by atoms with Gasteiger partial charge >= 0.3 is 0 Å². The van der Waals surface area contributed by atoms with Gasteiger partial charge in [-0.05, 0) is 61.0 Å². The molecule has 0 fully saturated rings. The molecule has 0 bridgehead atoms. The summed E-state index contributed by atoms with van der Waals surface area (Å²) in [5, 5.41) is 4.37. The molecule has 22 heavy (non-hydrogen) atoms. The summed E-state index contributed by atoms with van der Waals surface area (Å²) in [6.07, 6.45) is 0. The van der Waals surface area contributed by atoms with E-state index in [-0.39, 0.29) is 11.8 Å². The average Bonchev–Trinajstić information content (AvgIpc) is 2.88. The predicted octanol–water partition coefficient (Wildman–Crippen LogP) is 2.18. The van der Waals surface area contributed by atoms with E-state index in [1.165, 1.54) is 16.6 Å². The highest BCUT2D eigenvalue weighted by Gasteiger charge is 2.16. The lowest BCUT2D eigenvalue weighted by Crippen LogP contribution is -2.12. The van der Waals surface area contributed by atoms with Crippen LogP contribution in [0.5, 0.6) is 0 Å². The van der Waals surface area contributed by atoms with Gasteiger partial charge in [0.2, 0.25) is 5.95 Å². The van der Waals surface area contributed by atoms with Gasteiger partial charge in [0.05, 0.1) is 15.8 Å². The molecule has 1 aromatic carbocycles. The van der Waals surface area contributed by atoms with Crippen molar-refractivity contribution in [1.29, 1.82) is 0 Å². The number of aromatic nitrogens is 4. The van der Waals surface area contributed by atoms with Crippen molar-refractivity contribution in [2.45, 2.75) is 6.54 Å². The van der Waals surface area contributed by atoms with Crippen LogP contribution in [0.25, 0.3) is 16.9 Å². The molecule has 3 aromatic rings. The van der Waals surface area contributed by atoms with Crippen molar-refractivity contribution in [2.75, 3.05) is 19.8 Å². The lowest BCUT2D eigenvalue weighted by atomic mass is 10.1. The Bertz CT molecular complexity index is 827. The van der Waals surface area contributed by atoms with Gasteiger partial charge in [-0.15, -0.1) is 5.10 Å². The van der Waals surface area contributed by atoms with Crippen molar-refractivity contribution in [3.05, 3.63) is 39.5 Å². The third-order valence-electron chi connectivity index (χ3n) is 3.07. The predicted molar refractivity (Wildman–Crippen MR) is 90.7 cm³/mol. The summed E-state index contributed by atoms with van der Waals surface area (Å²) in [7, 11) is 3.89. The molecule has 8 heteroatoms. The van der Waals surface area contributed by atoms with Gasteiger partial charge in [0.1, 0.15) is 5.82 Å². The van der Waals surface area contributed by atoms with Gasteiger partial charge < -0.3 is 10.6 Å². The summed E-state index contributed by atoms with van der Waals surface area (Å²) in [5.74, 6) is 0.642. The van der Waals surface area contributed by atoms with Gasteiger partial charge in [0, 0.05) is 5.56 Å². The Morgan fingerprint density at radius 3 is 2.55 bits per heavy atom. The van der Waals surface area contributed by atoms with Crippen molar-refractivity contribution in [3.63, 3.8) is 0 Å². The number of hydrogen-bond donors (Lipinski definition) is 1. The summed E-state index contributed by atoms with van der Waals surface area (Å²) in [6.45, 7) is 0.614. The van der Waals surface area contributed by atoms with Crippen LogP contribution in [0.1, 0.15) is 5.82 Å². The Morgan fingerprint density at radius 1 is 1.23 bits per heavy atom. The highest BCUT2D eigenvalue weighted by molar-refractivity contribution is 14.1. The molecule has 0 spiro atoms. The zero-order valence-corrected chi connectivity index (χ0v) is 14.2. The number of nitrogen functional groups attached to an aromatic ring is 1. The van der Waals surface area contributed by atoms with E-state index in [2.05, 4.69) is 37.7 Å². The number of anilines is 1. The van der Waals surface area contributed by atoms with Crippen LogP contribution in [-0.2, 0) is 6.54 Å². The summed E-state index contributed by atoms with van der Waals surface area (Å²) >= 11 is 2.17.